The molecule has 2 fully saturated rings. The van der Waals surface area contributed by atoms with Crippen LogP contribution in [0.5, 0.6) is 0 Å². The lowest BCUT2D eigenvalue weighted by atomic mass is 10.1. The average Bonchev–Trinajstić information content (AvgIpc) is 3.36. The number of nitrogen functional groups attached to an aromatic ring is 1. The number of rotatable bonds is 6. The Morgan fingerprint density at radius 3 is 2.76 bits per heavy atom. The van der Waals surface area contributed by atoms with Gasteiger partial charge in [-0.1, -0.05) is 0 Å². The maximum atomic E-state index is 12.0. The van der Waals surface area contributed by atoms with E-state index < -0.39 is 42.5 Å². The smallest absolute Gasteiger partial charge is 0.282 e. The summed E-state index contributed by atoms with van der Waals surface area (Å²) in [5.74, 6) is -1.68. The first-order valence-electron chi connectivity index (χ1n) is 8.87. The number of anilines is 1. The van der Waals surface area contributed by atoms with Crippen molar-refractivity contribution in [1.29, 1.82) is 0 Å². The van der Waals surface area contributed by atoms with Crippen molar-refractivity contribution in [3.8, 4) is 0 Å². The molecule has 1 amide bonds. The number of nitrogens with one attached hydrogen (secondary N) is 1. The highest BCUT2D eigenvalue weighted by molar-refractivity contribution is 5.86. The van der Waals surface area contributed by atoms with Gasteiger partial charge in [-0.05, 0) is 0 Å². The molecule has 2 saturated heterocycles. The van der Waals surface area contributed by atoms with E-state index in [-0.39, 0.29) is 18.8 Å². The van der Waals surface area contributed by atoms with Crippen molar-refractivity contribution in [2.75, 3.05) is 26.6 Å². The van der Waals surface area contributed by atoms with Gasteiger partial charge in [0.15, 0.2) is 17.7 Å². The summed E-state index contributed by atoms with van der Waals surface area (Å²) in [6.45, 7) is -0.0903. The minimum absolute atomic E-state index is 0.0903. The highest BCUT2D eigenvalue weighted by Crippen LogP contribution is 2.33. The summed E-state index contributed by atoms with van der Waals surface area (Å²) in [6.07, 6.45) is -2.20. The number of nitrogens with two attached hydrogens (primary N) is 1. The summed E-state index contributed by atoms with van der Waals surface area (Å²) >= 11 is 0. The number of methoxy groups -OCH3 is 2. The van der Waals surface area contributed by atoms with Crippen LogP contribution in [0, 0.1) is 0 Å². The second-order valence-corrected chi connectivity index (χ2v) is 6.79. The van der Waals surface area contributed by atoms with Gasteiger partial charge in [0.05, 0.1) is 19.4 Å². The van der Waals surface area contributed by atoms with Gasteiger partial charge < -0.3 is 40.2 Å². The predicted octanol–water partition coefficient (Wildman–Crippen LogP) is -2.12. The third-order valence-corrected chi connectivity index (χ3v) is 5.21. The van der Waals surface area contributed by atoms with Crippen LogP contribution in [0.2, 0.25) is 0 Å². The molecule has 158 valence electrons. The van der Waals surface area contributed by atoms with Gasteiger partial charge in [0.2, 0.25) is 0 Å². The van der Waals surface area contributed by atoms with Crippen molar-refractivity contribution in [1.82, 2.24) is 24.8 Å². The van der Waals surface area contributed by atoms with Gasteiger partial charge in [-0.15, -0.1) is 0 Å². The molecule has 0 aliphatic carbocycles. The van der Waals surface area contributed by atoms with E-state index in [0.717, 1.165) is 0 Å². The van der Waals surface area contributed by atoms with Crippen molar-refractivity contribution in [2.45, 2.75) is 43.0 Å². The fourth-order valence-electron chi connectivity index (χ4n) is 3.54. The van der Waals surface area contributed by atoms with Crippen LogP contribution in [0.25, 0.3) is 11.2 Å². The molecule has 13 nitrogen and oxygen atoms in total. The lowest BCUT2D eigenvalue weighted by Gasteiger charge is -2.22. The molecule has 0 spiro atoms. The largest absolute Gasteiger partial charge is 0.387 e. The van der Waals surface area contributed by atoms with E-state index in [4.69, 9.17) is 24.7 Å². The number of carbonyl (C=O) groups is 1. The highest BCUT2D eigenvalue weighted by Gasteiger charge is 2.50. The lowest BCUT2D eigenvalue weighted by molar-refractivity contribution is -0.205. The van der Waals surface area contributed by atoms with Crippen LogP contribution in [0.3, 0.4) is 0 Å². The van der Waals surface area contributed by atoms with E-state index in [1.54, 1.807) is 0 Å². The number of carbonyl (C=O) groups excluding carboxylic acids is 1. The number of aromatic nitrogens is 4. The topological polar surface area (TPSA) is 176 Å². The Kier molecular flexibility index (Phi) is 5.10. The molecule has 4 heterocycles. The van der Waals surface area contributed by atoms with Gasteiger partial charge in [0.25, 0.3) is 11.7 Å². The van der Waals surface area contributed by atoms with Crippen molar-refractivity contribution in [3.05, 3.63) is 12.7 Å². The Bertz CT molecular complexity index is 903. The zero-order valence-corrected chi connectivity index (χ0v) is 15.8. The van der Waals surface area contributed by atoms with Gasteiger partial charge in [-0.3, -0.25) is 9.36 Å². The Morgan fingerprint density at radius 1 is 1.31 bits per heavy atom. The summed E-state index contributed by atoms with van der Waals surface area (Å²) in [5, 5.41) is 23.5. The standard InChI is InChI=1S/C16H22N6O7/c1-26-16(27-2)3-8(21-15(16)25)28-4-7-10(23)11(24)14(29-7)22-6-20-9-12(17)18-5-19-13(9)22/h5-8,10-11,14,23-24H,3-4H2,1-2H3,(H,21,25)(H2,17,18,19)/t7-,8?,10-,11-,14-/m1/s1. The number of fused-ring (bicyclic) bond motifs is 1. The molecule has 1 unspecified atom stereocenters. The Labute approximate surface area is 164 Å². The molecule has 0 radical (unpaired) electrons. The van der Waals surface area contributed by atoms with Crippen LogP contribution in [-0.2, 0) is 23.7 Å². The van der Waals surface area contributed by atoms with Crippen LogP contribution < -0.4 is 11.1 Å². The molecule has 13 heteroatoms. The van der Waals surface area contributed by atoms with Crippen LogP contribution in [0.1, 0.15) is 12.6 Å². The second-order valence-electron chi connectivity index (χ2n) is 6.79. The number of amides is 1. The third kappa shape index (κ3) is 3.21. The first-order valence-corrected chi connectivity index (χ1v) is 8.87. The number of hydrogen-bond acceptors (Lipinski definition) is 11. The molecule has 2 aromatic rings. The highest BCUT2D eigenvalue weighted by atomic mass is 16.7. The SMILES string of the molecule is COC1(OC)CC(OC[C@H]2O[C@@H](n3cnc4c(N)ncnc43)[C@H](O)[C@@H]2O)NC1=O. The average molecular weight is 410 g/mol. The van der Waals surface area contributed by atoms with Gasteiger partial charge in [0.1, 0.15) is 36.4 Å². The molecular formula is C16H22N6O7. The zero-order chi connectivity index (χ0) is 20.8. The van der Waals surface area contributed by atoms with E-state index in [2.05, 4.69) is 20.3 Å². The van der Waals surface area contributed by atoms with E-state index in [9.17, 15) is 15.0 Å². The molecular weight excluding hydrogens is 388 g/mol. The minimum Gasteiger partial charge on any atom is -0.387 e. The van der Waals surface area contributed by atoms with E-state index >= 15 is 0 Å². The number of nitrogens with zero attached hydrogens (tertiary/aromatic N) is 4. The number of aliphatic hydroxyl groups is 2. The van der Waals surface area contributed by atoms with Crippen molar-refractivity contribution >= 4 is 22.9 Å². The molecule has 5 atom stereocenters. The fraction of sp³-hybridized carbons (Fsp3) is 0.625. The number of imidazole rings is 1. The molecule has 0 bridgehead atoms. The monoisotopic (exact) mass is 410 g/mol. The van der Waals surface area contributed by atoms with Gasteiger partial charge >= 0.3 is 0 Å². The van der Waals surface area contributed by atoms with Crippen molar-refractivity contribution in [2.24, 2.45) is 0 Å². The van der Waals surface area contributed by atoms with Crippen molar-refractivity contribution in [3.63, 3.8) is 0 Å². The van der Waals surface area contributed by atoms with Crippen LogP contribution in [-0.4, -0.2) is 86.8 Å². The van der Waals surface area contributed by atoms with Gasteiger partial charge in [-0.25, -0.2) is 15.0 Å². The Hall–Kier alpha value is -2.42. The summed E-state index contributed by atoms with van der Waals surface area (Å²) in [4.78, 5) is 24.2. The Balaban J connectivity index is 1.44. The van der Waals surface area contributed by atoms with Crippen LogP contribution in [0.15, 0.2) is 12.7 Å². The zero-order valence-electron chi connectivity index (χ0n) is 15.8. The number of hydrogen-bond donors (Lipinski definition) is 4. The van der Waals surface area contributed by atoms with Crippen LogP contribution in [0.4, 0.5) is 5.82 Å². The van der Waals surface area contributed by atoms with Gasteiger partial charge in [-0.2, -0.15) is 0 Å². The molecule has 2 aliphatic heterocycles. The minimum atomic E-state index is -1.42. The van der Waals surface area contributed by atoms with E-state index in [0.29, 0.717) is 11.2 Å². The molecule has 0 aromatic carbocycles. The first-order chi connectivity index (χ1) is 13.9. The van der Waals surface area contributed by atoms with E-state index in [1.165, 1.54) is 31.4 Å². The lowest BCUT2D eigenvalue weighted by Crippen LogP contribution is -2.41. The van der Waals surface area contributed by atoms with Crippen molar-refractivity contribution < 1.29 is 34.0 Å². The Morgan fingerprint density at radius 2 is 2.07 bits per heavy atom. The molecule has 2 aromatic heterocycles. The summed E-state index contributed by atoms with van der Waals surface area (Å²) in [6, 6.07) is 0. The predicted molar refractivity (Wildman–Crippen MR) is 94.9 cm³/mol. The van der Waals surface area contributed by atoms with Crippen LogP contribution >= 0.6 is 0 Å². The van der Waals surface area contributed by atoms with E-state index in [1.807, 2.05) is 0 Å². The normalized spacial score (nSPS) is 31.4. The number of ether oxygens (including phenoxy) is 4. The number of aliphatic hydroxyl groups excluding tert-OH is 2. The third-order valence-electron chi connectivity index (χ3n) is 5.21. The summed E-state index contributed by atoms with van der Waals surface area (Å²) in [5.41, 5.74) is 6.50. The molecule has 4 rings (SSSR count). The molecule has 5 N–H and O–H groups in total. The molecule has 2 aliphatic rings. The van der Waals surface area contributed by atoms with Gasteiger partial charge in [0, 0.05) is 14.2 Å². The quantitative estimate of drug-likeness (QED) is 0.383. The maximum absolute atomic E-state index is 12.0. The molecule has 29 heavy (non-hydrogen) atoms. The molecule has 0 saturated carbocycles. The second kappa shape index (κ2) is 7.44. The summed E-state index contributed by atoms with van der Waals surface area (Å²) < 4.78 is 23.2. The first kappa shape index (κ1) is 19.9. The summed E-state index contributed by atoms with van der Waals surface area (Å²) in [7, 11) is 2.73. The maximum Gasteiger partial charge on any atom is 0.282 e. The fourth-order valence-corrected chi connectivity index (χ4v) is 3.54.